The molecular weight excluding hydrogens is 238 g/mol. The van der Waals surface area contributed by atoms with Gasteiger partial charge in [-0.1, -0.05) is 0 Å². The van der Waals surface area contributed by atoms with Crippen LogP contribution >= 0.6 is 11.3 Å². The fourth-order valence-corrected chi connectivity index (χ4v) is 2.67. The van der Waals surface area contributed by atoms with E-state index in [1.54, 1.807) is 11.8 Å². The number of aliphatic hydroxyl groups is 2. The minimum absolute atomic E-state index is 0.157. The van der Waals surface area contributed by atoms with Crippen molar-refractivity contribution in [3.63, 3.8) is 0 Å². The standard InChI is InChI=1S/C11H15N3O2S/c1-6-5-17-11(13-6)9-8(16)4-14(10(9)12)3-7(2)15/h5,7,12,15-16H,3-4H2,1-2H3/t7-/m0/s1. The molecule has 0 amide bonds. The highest BCUT2D eigenvalue weighted by Gasteiger charge is 2.30. The lowest BCUT2D eigenvalue weighted by Gasteiger charge is -2.19. The van der Waals surface area contributed by atoms with Gasteiger partial charge in [-0.15, -0.1) is 11.3 Å². The molecule has 0 bridgehead atoms. The summed E-state index contributed by atoms with van der Waals surface area (Å²) < 4.78 is 0. The van der Waals surface area contributed by atoms with Gasteiger partial charge in [-0.3, -0.25) is 5.41 Å². The molecule has 0 aromatic carbocycles. The molecule has 0 aliphatic carbocycles. The Morgan fingerprint density at radius 1 is 1.65 bits per heavy atom. The van der Waals surface area contributed by atoms with Crippen LogP contribution in [-0.4, -0.2) is 45.1 Å². The summed E-state index contributed by atoms with van der Waals surface area (Å²) in [6, 6.07) is 0. The van der Waals surface area contributed by atoms with Crippen molar-refractivity contribution >= 4 is 22.7 Å². The first-order valence-corrected chi connectivity index (χ1v) is 6.23. The fourth-order valence-electron chi connectivity index (χ4n) is 1.80. The van der Waals surface area contributed by atoms with E-state index in [-0.39, 0.29) is 18.1 Å². The second kappa shape index (κ2) is 4.46. The highest BCUT2D eigenvalue weighted by Crippen LogP contribution is 2.29. The number of β-amino-alcohol motifs (C(OH)–C–C–N with tert-alkyl or cyclic N) is 1. The van der Waals surface area contributed by atoms with E-state index in [1.165, 1.54) is 11.3 Å². The molecule has 6 heteroatoms. The number of aryl methyl sites for hydroxylation is 1. The lowest BCUT2D eigenvalue weighted by atomic mass is 10.2. The molecule has 2 rings (SSSR count). The smallest absolute Gasteiger partial charge is 0.135 e. The van der Waals surface area contributed by atoms with Crippen LogP contribution in [0, 0.1) is 12.3 Å². The van der Waals surface area contributed by atoms with Crippen molar-refractivity contribution < 1.29 is 10.2 Å². The second-order valence-electron chi connectivity index (χ2n) is 4.19. The van der Waals surface area contributed by atoms with Crippen molar-refractivity contribution in [2.24, 2.45) is 0 Å². The lowest BCUT2D eigenvalue weighted by Crippen LogP contribution is -2.33. The number of nitrogens with zero attached hydrogens (tertiary/aromatic N) is 2. The second-order valence-corrected chi connectivity index (χ2v) is 5.05. The molecule has 1 aromatic rings. The van der Waals surface area contributed by atoms with Crippen LogP contribution in [0.2, 0.25) is 0 Å². The fraction of sp³-hybridized carbons (Fsp3) is 0.455. The Labute approximate surface area is 104 Å². The zero-order valence-electron chi connectivity index (χ0n) is 9.77. The first kappa shape index (κ1) is 12.1. The Bertz CT molecular complexity index is 479. The molecule has 0 radical (unpaired) electrons. The summed E-state index contributed by atoms with van der Waals surface area (Å²) in [7, 11) is 0. The summed E-state index contributed by atoms with van der Waals surface area (Å²) in [5, 5.41) is 29.8. The molecule has 0 saturated heterocycles. The number of aliphatic hydroxyl groups excluding tert-OH is 2. The van der Waals surface area contributed by atoms with Crippen molar-refractivity contribution in [1.29, 1.82) is 5.41 Å². The van der Waals surface area contributed by atoms with Gasteiger partial charge in [-0.25, -0.2) is 4.98 Å². The van der Waals surface area contributed by atoms with E-state index >= 15 is 0 Å². The molecule has 1 aliphatic rings. The Morgan fingerprint density at radius 3 is 2.88 bits per heavy atom. The van der Waals surface area contributed by atoms with Crippen LogP contribution in [0.4, 0.5) is 0 Å². The maximum atomic E-state index is 9.89. The van der Waals surface area contributed by atoms with Crippen LogP contribution in [0.5, 0.6) is 0 Å². The average molecular weight is 253 g/mol. The van der Waals surface area contributed by atoms with E-state index in [0.29, 0.717) is 17.1 Å². The third-order valence-electron chi connectivity index (χ3n) is 2.50. The Morgan fingerprint density at radius 2 is 2.35 bits per heavy atom. The molecular formula is C11H15N3O2S. The topological polar surface area (TPSA) is 80.4 Å². The number of hydrogen-bond donors (Lipinski definition) is 3. The van der Waals surface area contributed by atoms with E-state index in [0.717, 1.165) is 5.69 Å². The van der Waals surface area contributed by atoms with Crippen molar-refractivity contribution in [2.45, 2.75) is 20.0 Å². The Kier molecular flexibility index (Phi) is 3.17. The molecule has 0 fully saturated rings. The minimum atomic E-state index is -0.527. The highest BCUT2D eigenvalue weighted by molar-refractivity contribution is 7.11. The quantitative estimate of drug-likeness (QED) is 0.760. The van der Waals surface area contributed by atoms with Crippen LogP contribution in [0.1, 0.15) is 17.6 Å². The van der Waals surface area contributed by atoms with Gasteiger partial charge >= 0.3 is 0 Å². The third kappa shape index (κ3) is 2.32. The zero-order valence-corrected chi connectivity index (χ0v) is 10.6. The predicted octanol–water partition coefficient (Wildman–Crippen LogP) is 1.39. The summed E-state index contributed by atoms with van der Waals surface area (Å²) in [6.07, 6.45) is -0.527. The molecule has 0 spiro atoms. The molecule has 17 heavy (non-hydrogen) atoms. The van der Waals surface area contributed by atoms with Crippen LogP contribution in [0.3, 0.4) is 0 Å². The van der Waals surface area contributed by atoms with Crippen LogP contribution in [0.15, 0.2) is 11.1 Å². The van der Waals surface area contributed by atoms with Crippen LogP contribution in [0.25, 0.3) is 5.57 Å². The van der Waals surface area contributed by atoms with Gasteiger partial charge in [0.25, 0.3) is 0 Å². The van der Waals surface area contributed by atoms with Gasteiger partial charge in [0.1, 0.15) is 16.6 Å². The number of amidine groups is 1. The van der Waals surface area contributed by atoms with E-state index in [4.69, 9.17) is 5.41 Å². The maximum Gasteiger partial charge on any atom is 0.135 e. The van der Waals surface area contributed by atoms with Crippen molar-refractivity contribution in [3.05, 3.63) is 21.8 Å². The summed E-state index contributed by atoms with van der Waals surface area (Å²) >= 11 is 1.42. The maximum absolute atomic E-state index is 9.89. The van der Waals surface area contributed by atoms with E-state index < -0.39 is 6.10 Å². The molecule has 0 unspecified atom stereocenters. The van der Waals surface area contributed by atoms with Gasteiger partial charge in [-0.05, 0) is 13.8 Å². The van der Waals surface area contributed by atoms with Gasteiger partial charge in [0.15, 0.2) is 0 Å². The number of nitrogens with one attached hydrogen (secondary N) is 1. The van der Waals surface area contributed by atoms with E-state index in [2.05, 4.69) is 4.98 Å². The SMILES string of the molecule is Cc1csc(C2=C(O)CN(C[C@H](C)O)C2=N)n1. The van der Waals surface area contributed by atoms with Crippen molar-refractivity contribution in [2.75, 3.05) is 13.1 Å². The van der Waals surface area contributed by atoms with Crippen molar-refractivity contribution in [3.8, 4) is 0 Å². The Hall–Kier alpha value is -1.40. The molecule has 2 heterocycles. The summed E-state index contributed by atoms with van der Waals surface area (Å²) in [5.74, 6) is 0.391. The van der Waals surface area contributed by atoms with Gasteiger partial charge in [0, 0.05) is 17.6 Å². The Balaban J connectivity index is 2.24. The zero-order chi connectivity index (χ0) is 12.6. The van der Waals surface area contributed by atoms with Crippen LogP contribution < -0.4 is 0 Å². The first-order chi connectivity index (χ1) is 7.99. The monoisotopic (exact) mass is 253 g/mol. The highest BCUT2D eigenvalue weighted by atomic mass is 32.1. The third-order valence-corrected chi connectivity index (χ3v) is 3.48. The lowest BCUT2D eigenvalue weighted by molar-refractivity contribution is 0.160. The van der Waals surface area contributed by atoms with Gasteiger partial charge in [-0.2, -0.15) is 0 Å². The molecule has 1 aliphatic heterocycles. The largest absolute Gasteiger partial charge is 0.510 e. The normalized spacial score (nSPS) is 18.1. The van der Waals surface area contributed by atoms with Crippen LogP contribution in [-0.2, 0) is 0 Å². The summed E-state index contributed by atoms with van der Waals surface area (Å²) in [4.78, 5) is 5.92. The molecule has 1 atom stereocenters. The summed E-state index contributed by atoms with van der Waals surface area (Å²) in [5.41, 5.74) is 1.37. The number of rotatable bonds is 3. The van der Waals surface area contributed by atoms with Gasteiger partial charge in [0.2, 0.25) is 0 Å². The average Bonchev–Trinajstić information content (AvgIpc) is 2.72. The number of aromatic nitrogens is 1. The predicted molar refractivity (Wildman–Crippen MR) is 67.4 cm³/mol. The summed E-state index contributed by atoms with van der Waals surface area (Å²) in [6.45, 7) is 4.16. The van der Waals surface area contributed by atoms with Gasteiger partial charge < -0.3 is 15.1 Å². The van der Waals surface area contributed by atoms with Gasteiger partial charge in [0.05, 0.1) is 18.2 Å². The molecule has 5 nitrogen and oxygen atoms in total. The molecule has 1 aromatic heterocycles. The minimum Gasteiger partial charge on any atom is -0.510 e. The van der Waals surface area contributed by atoms with E-state index in [1.807, 2.05) is 12.3 Å². The molecule has 3 N–H and O–H groups in total. The van der Waals surface area contributed by atoms with E-state index in [9.17, 15) is 10.2 Å². The molecule has 92 valence electrons. The number of hydrogen-bond acceptors (Lipinski definition) is 5. The van der Waals surface area contributed by atoms with Crippen molar-refractivity contribution in [1.82, 2.24) is 9.88 Å². The first-order valence-electron chi connectivity index (χ1n) is 5.35. The number of thiazole rings is 1. The molecule has 0 saturated carbocycles.